The lowest BCUT2D eigenvalue weighted by Crippen LogP contribution is -2.29. The number of nitrogens with zero attached hydrogens (tertiary/aromatic N) is 1. The van der Waals surface area contributed by atoms with Crippen molar-refractivity contribution < 1.29 is 18.3 Å². The summed E-state index contributed by atoms with van der Waals surface area (Å²) < 4.78 is 26.8. The predicted molar refractivity (Wildman–Crippen MR) is 91.0 cm³/mol. The zero-order valence-electron chi connectivity index (χ0n) is 12.7. The Hall–Kier alpha value is -2.71. The van der Waals surface area contributed by atoms with Gasteiger partial charge in [-0.1, -0.05) is 18.2 Å². The molecule has 0 fully saturated rings. The fourth-order valence-electron chi connectivity index (χ4n) is 1.85. The topological polar surface area (TPSA) is 108 Å². The maximum absolute atomic E-state index is 12.2. The van der Waals surface area contributed by atoms with Gasteiger partial charge in [0.15, 0.2) is 0 Å². The average Bonchev–Trinajstić information content (AvgIpc) is 2.58. The van der Waals surface area contributed by atoms with E-state index < -0.39 is 16.0 Å². The van der Waals surface area contributed by atoms with E-state index >= 15 is 0 Å². The number of carboxylic acid groups (broad SMARTS) is 1. The summed E-state index contributed by atoms with van der Waals surface area (Å²) in [6.07, 6.45) is 4.03. The number of nitrogens with one attached hydrogen (secondary N) is 2. The normalized spacial score (nSPS) is 11.5. The molecule has 0 saturated carbocycles. The molecule has 0 spiro atoms. The number of aromatic nitrogens is 1. The van der Waals surface area contributed by atoms with Crippen molar-refractivity contribution in [3.05, 3.63) is 60.3 Å². The van der Waals surface area contributed by atoms with Crippen molar-refractivity contribution in [2.45, 2.75) is 4.90 Å². The molecule has 0 atom stereocenters. The number of hydrogen-bond donors (Lipinski definition) is 3. The first-order valence-electron chi connectivity index (χ1n) is 7.13. The fraction of sp³-hybridized carbons (Fsp3) is 0.125. The van der Waals surface area contributed by atoms with Gasteiger partial charge in [-0.15, -0.1) is 0 Å². The van der Waals surface area contributed by atoms with E-state index in [4.69, 9.17) is 5.11 Å². The number of hydrogen-bond acceptors (Lipinski definition) is 5. The molecule has 1 aromatic heterocycles. The largest absolute Gasteiger partial charge is 0.478 e. The molecule has 7 nitrogen and oxygen atoms in total. The van der Waals surface area contributed by atoms with E-state index in [0.717, 1.165) is 6.08 Å². The summed E-state index contributed by atoms with van der Waals surface area (Å²) >= 11 is 0. The Kier molecular flexibility index (Phi) is 6.05. The van der Waals surface area contributed by atoms with Crippen LogP contribution in [-0.2, 0) is 14.8 Å². The molecule has 0 amide bonds. The highest BCUT2D eigenvalue weighted by molar-refractivity contribution is 7.89. The van der Waals surface area contributed by atoms with Gasteiger partial charge < -0.3 is 10.4 Å². The number of anilines is 1. The highest BCUT2D eigenvalue weighted by atomic mass is 32.2. The van der Waals surface area contributed by atoms with Gasteiger partial charge in [0, 0.05) is 25.4 Å². The van der Waals surface area contributed by atoms with Crippen LogP contribution < -0.4 is 10.0 Å². The van der Waals surface area contributed by atoms with E-state index in [1.807, 2.05) is 6.07 Å². The van der Waals surface area contributed by atoms with Crippen LogP contribution in [0.4, 0.5) is 5.82 Å². The van der Waals surface area contributed by atoms with E-state index in [9.17, 15) is 13.2 Å². The molecule has 0 aliphatic carbocycles. The Morgan fingerprint density at radius 2 is 1.88 bits per heavy atom. The molecule has 2 rings (SSSR count). The smallest absolute Gasteiger partial charge is 0.328 e. The van der Waals surface area contributed by atoms with Gasteiger partial charge >= 0.3 is 5.97 Å². The number of pyridine rings is 1. The van der Waals surface area contributed by atoms with Crippen molar-refractivity contribution in [1.29, 1.82) is 0 Å². The number of carbonyl (C=O) groups is 1. The summed E-state index contributed by atoms with van der Waals surface area (Å²) in [6.45, 7) is 0.606. The molecule has 0 bridgehead atoms. The average molecular weight is 347 g/mol. The second-order valence-corrected chi connectivity index (χ2v) is 6.55. The Labute approximate surface area is 140 Å². The molecule has 1 aromatic carbocycles. The maximum atomic E-state index is 12.2. The van der Waals surface area contributed by atoms with Crippen LogP contribution in [0.25, 0.3) is 6.08 Å². The van der Waals surface area contributed by atoms with E-state index in [1.54, 1.807) is 30.5 Å². The van der Waals surface area contributed by atoms with Crippen molar-refractivity contribution in [3.8, 4) is 0 Å². The number of rotatable bonds is 8. The van der Waals surface area contributed by atoms with Crippen LogP contribution >= 0.6 is 0 Å². The molecule has 1 heterocycles. The van der Waals surface area contributed by atoms with Crippen LogP contribution in [0.2, 0.25) is 0 Å². The number of sulfonamides is 1. The summed E-state index contributed by atoms with van der Waals surface area (Å²) in [5, 5.41) is 11.6. The summed E-state index contributed by atoms with van der Waals surface area (Å²) in [7, 11) is -3.61. The minimum absolute atomic E-state index is 0.118. The van der Waals surface area contributed by atoms with Gasteiger partial charge in [-0.25, -0.2) is 22.9 Å². The quantitative estimate of drug-likeness (QED) is 0.494. The third-order valence-corrected chi connectivity index (χ3v) is 4.47. The lowest BCUT2D eigenvalue weighted by Gasteiger charge is -2.08. The molecule has 0 radical (unpaired) electrons. The zero-order valence-corrected chi connectivity index (χ0v) is 13.5. The minimum atomic E-state index is -3.61. The van der Waals surface area contributed by atoms with Crippen molar-refractivity contribution in [2.24, 2.45) is 0 Å². The molecule has 126 valence electrons. The standard InChI is InChI=1S/C16H17N3O4S/c20-16(21)9-6-13-4-7-14(8-5-13)24(22,23)19-12-11-18-15-3-1-2-10-17-15/h1-10,19H,11-12H2,(H,17,18)(H,20,21). The summed E-state index contributed by atoms with van der Waals surface area (Å²) in [6, 6.07) is 11.4. The molecule has 3 N–H and O–H groups in total. The third kappa shape index (κ3) is 5.49. The minimum Gasteiger partial charge on any atom is -0.478 e. The van der Waals surface area contributed by atoms with Gasteiger partial charge in [0.1, 0.15) is 5.82 Å². The van der Waals surface area contributed by atoms with E-state index in [1.165, 1.54) is 18.2 Å². The Bertz CT molecular complexity index is 803. The van der Waals surface area contributed by atoms with Crippen LogP contribution in [-0.4, -0.2) is 37.6 Å². The summed E-state index contributed by atoms with van der Waals surface area (Å²) in [4.78, 5) is 14.6. The van der Waals surface area contributed by atoms with Crippen LogP contribution in [0.15, 0.2) is 59.6 Å². The highest BCUT2D eigenvalue weighted by Gasteiger charge is 2.12. The van der Waals surface area contributed by atoms with Crippen LogP contribution in [0, 0.1) is 0 Å². The maximum Gasteiger partial charge on any atom is 0.328 e. The zero-order chi connectivity index (χ0) is 17.4. The van der Waals surface area contributed by atoms with E-state index in [0.29, 0.717) is 17.9 Å². The van der Waals surface area contributed by atoms with Gasteiger partial charge in [0.25, 0.3) is 0 Å². The van der Waals surface area contributed by atoms with Crippen LogP contribution in [0.5, 0.6) is 0 Å². The molecule has 0 aliphatic rings. The molecule has 24 heavy (non-hydrogen) atoms. The summed E-state index contributed by atoms with van der Waals surface area (Å²) in [5.74, 6) is -0.389. The van der Waals surface area contributed by atoms with Gasteiger partial charge in [-0.2, -0.15) is 0 Å². The highest BCUT2D eigenvalue weighted by Crippen LogP contribution is 2.11. The SMILES string of the molecule is O=C(O)C=Cc1ccc(S(=O)(=O)NCCNc2ccccn2)cc1. The molecule has 0 aliphatic heterocycles. The predicted octanol–water partition coefficient (Wildman–Crippen LogP) is 1.57. The molecular weight excluding hydrogens is 330 g/mol. The van der Waals surface area contributed by atoms with E-state index in [-0.39, 0.29) is 11.4 Å². The lowest BCUT2D eigenvalue weighted by atomic mass is 10.2. The Morgan fingerprint density at radius 1 is 1.12 bits per heavy atom. The van der Waals surface area contributed by atoms with Gasteiger partial charge in [-0.3, -0.25) is 0 Å². The number of benzene rings is 1. The second-order valence-electron chi connectivity index (χ2n) is 4.78. The van der Waals surface area contributed by atoms with Crippen molar-refractivity contribution in [2.75, 3.05) is 18.4 Å². The molecule has 0 saturated heterocycles. The Balaban J connectivity index is 1.89. The summed E-state index contributed by atoms with van der Waals surface area (Å²) in [5.41, 5.74) is 0.605. The van der Waals surface area contributed by atoms with Gasteiger partial charge in [-0.05, 0) is 35.9 Å². The van der Waals surface area contributed by atoms with Crippen molar-refractivity contribution in [1.82, 2.24) is 9.71 Å². The Morgan fingerprint density at radius 3 is 2.50 bits per heavy atom. The van der Waals surface area contributed by atoms with Gasteiger partial charge in [0.2, 0.25) is 10.0 Å². The van der Waals surface area contributed by atoms with E-state index in [2.05, 4.69) is 15.0 Å². The third-order valence-electron chi connectivity index (χ3n) is 3.00. The van der Waals surface area contributed by atoms with Crippen molar-refractivity contribution in [3.63, 3.8) is 0 Å². The molecular formula is C16H17N3O4S. The van der Waals surface area contributed by atoms with Crippen molar-refractivity contribution >= 4 is 27.9 Å². The van der Waals surface area contributed by atoms with Crippen LogP contribution in [0.3, 0.4) is 0 Å². The fourth-order valence-corrected chi connectivity index (χ4v) is 2.88. The van der Waals surface area contributed by atoms with Gasteiger partial charge in [0.05, 0.1) is 4.90 Å². The number of aliphatic carboxylic acids is 1. The molecule has 2 aromatic rings. The lowest BCUT2D eigenvalue weighted by molar-refractivity contribution is -0.131. The number of carboxylic acids is 1. The first-order chi connectivity index (χ1) is 11.5. The first-order valence-corrected chi connectivity index (χ1v) is 8.61. The molecule has 8 heteroatoms. The van der Waals surface area contributed by atoms with Crippen LogP contribution in [0.1, 0.15) is 5.56 Å². The second kappa shape index (κ2) is 8.23. The molecule has 0 unspecified atom stereocenters. The monoisotopic (exact) mass is 347 g/mol. The first kappa shape index (κ1) is 17.6.